The van der Waals surface area contributed by atoms with Gasteiger partial charge in [-0.25, -0.2) is 4.79 Å². The quantitative estimate of drug-likeness (QED) is 0.0578. The van der Waals surface area contributed by atoms with Crippen molar-refractivity contribution >= 4 is 87.0 Å². The van der Waals surface area contributed by atoms with E-state index in [0.29, 0.717) is 63.7 Å². The molecule has 0 aliphatic carbocycles. The number of carbonyl (C=O) groups is 5. The first-order valence-electron chi connectivity index (χ1n) is 31.0. The van der Waals surface area contributed by atoms with Crippen LogP contribution in [0, 0.1) is 0 Å². The molecule has 5 saturated heterocycles. The lowest BCUT2D eigenvalue weighted by molar-refractivity contribution is -0.163. The molecule has 0 spiro atoms. The molecule has 6 atom stereocenters. The number of thiophene rings is 2. The van der Waals surface area contributed by atoms with Crippen molar-refractivity contribution in [3.8, 4) is 0 Å². The molecule has 2 aromatic heterocycles. The van der Waals surface area contributed by atoms with E-state index in [2.05, 4.69) is 67.5 Å². The fourth-order valence-electron chi connectivity index (χ4n) is 12.3. The number of ether oxygens (including phenoxy) is 3. The molecule has 5 amide bonds. The number of halogens is 2. The second kappa shape index (κ2) is 29.8. The molecule has 11 rings (SSSR count). The summed E-state index contributed by atoms with van der Waals surface area (Å²) in [5.74, 6) is -3.12. The van der Waals surface area contributed by atoms with Gasteiger partial charge in [0.05, 0.1) is 25.2 Å². The molecule has 6 aromatic rings. The maximum atomic E-state index is 14.2. The van der Waals surface area contributed by atoms with Crippen LogP contribution in [0.3, 0.4) is 0 Å². The van der Waals surface area contributed by atoms with Gasteiger partial charge in [-0.1, -0.05) is 83.9 Å². The van der Waals surface area contributed by atoms with Crippen LogP contribution in [0.15, 0.2) is 120 Å². The zero-order chi connectivity index (χ0) is 63.7. The number of amides is 5. The molecule has 480 valence electrons. The zero-order valence-corrected chi connectivity index (χ0v) is 54.9. The third-order valence-corrected chi connectivity index (χ3v) is 19.5. The van der Waals surface area contributed by atoms with E-state index in [9.17, 15) is 34.2 Å². The van der Waals surface area contributed by atoms with Crippen molar-refractivity contribution in [2.75, 3.05) is 75.2 Å². The Balaban J connectivity index is 0.000000203. The van der Waals surface area contributed by atoms with Crippen LogP contribution in [0.2, 0.25) is 10.0 Å². The van der Waals surface area contributed by atoms with E-state index in [1.807, 2.05) is 104 Å². The highest BCUT2D eigenvalue weighted by molar-refractivity contribution is 7.10. The zero-order valence-electron chi connectivity index (χ0n) is 51.7. The SMILES string of the molecule is CC(C)(C)OC(=O)N1CCN(c2cccc([C@H]3CCCN3C(=O)[C@@H]3OC(C)(C)O[C@H]3C(=O)NCc3cc(Cc4ccccc4Cl)cs3)c2)CC1.O=C(NCc1cc(Cc2ccccc2Cl)cs1)[C@H](O)[C@@H](O)C(=O)N1CCC[C@@H]1c1cccc(N2CCNCC2)c1. The molecule has 0 saturated carbocycles. The molecule has 7 heterocycles. The molecular formula is C68H82Cl2N8O10S2. The van der Waals surface area contributed by atoms with Gasteiger partial charge in [0.2, 0.25) is 0 Å². The molecule has 0 radical (unpaired) electrons. The first-order chi connectivity index (χ1) is 43.2. The smallest absolute Gasteiger partial charge is 0.410 e. The number of nitrogens with zero attached hydrogens (tertiary/aromatic N) is 5. The number of anilines is 2. The van der Waals surface area contributed by atoms with E-state index in [1.54, 1.807) is 35.0 Å². The predicted octanol–water partition coefficient (Wildman–Crippen LogP) is 9.65. The fraction of sp³-hybridized carbons (Fsp3) is 0.456. The fourth-order valence-corrected chi connectivity index (χ4v) is 14.3. The van der Waals surface area contributed by atoms with E-state index in [1.165, 1.54) is 11.3 Å². The first-order valence-corrected chi connectivity index (χ1v) is 33.5. The van der Waals surface area contributed by atoms with Crippen molar-refractivity contribution in [1.29, 1.82) is 0 Å². The van der Waals surface area contributed by atoms with Crippen LogP contribution in [0.5, 0.6) is 0 Å². The largest absolute Gasteiger partial charge is 0.444 e. The van der Waals surface area contributed by atoms with Crippen molar-refractivity contribution in [1.82, 2.24) is 30.7 Å². The van der Waals surface area contributed by atoms with Crippen molar-refractivity contribution in [3.05, 3.63) is 173 Å². The Morgan fingerprint density at radius 2 is 1.16 bits per heavy atom. The number of hydrogen-bond donors (Lipinski definition) is 5. The minimum absolute atomic E-state index is 0.149. The number of carbonyl (C=O) groups excluding carboxylic acids is 5. The second-order valence-electron chi connectivity index (χ2n) is 24.9. The van der Waals surface area contributed by atoms with Crippen LogP contribution in [-0.4, -0.2) is 156 Å². The van der Waals surface area contributed by atoms with Gasteiger partial charge in [0.15, 0.2) is 30.2 Å². The lowest BCUT2D eigenvalue weighted by atomic mass is 10.0. The van der Waals surface area contributed by atoms with Gasteiger partial charge in [0.1, 0.15) is 5.60 Å². The average Bonchev–Trinajstić information content (AvgIpc) is 1.64. The summed E-state index contributed by atoms with van der Waals surface area (Å²) in [7, 11) is 0. The van der Waals surface area contributed by atoms with Crippen LogP contribution >= 0.6 is 45.9 Å². The molecule has 4 aromatic carbocycles. The number of benzene rings is 4. The van der Waals surface area contributed by atoms with Crippen LogP contribution in [0.4, 0.5) is 16.2 Å². The van der Waals surface area contributed by atoms with Gasteiger partial charge in [-0.05, 0) is 166 Å². The monoisotopic (exact) mass is 1300 g/mol. The van der Waals surface area contributed by atoms with Crippen LogP contribution in [0.1, 0.15) is 116 Å². The van der Waals surface area contributed by atoms with E-state index in [-0.39, 0.29) is 36.5 Å². The lowest BCUT2D eigenvalue weighted by Crippen LogP contribution is -2.50. The van der Waals surface area contributed by atoms with Crippen molar-refractivity contribution in [3.63, 3.8) is 0 Å². The maximum Gasteiger partial charge on any atom is 0.410 e. The number of aliphatic hydroxyl groups is 2. The normalized spacial score (nSPS) is 20.7. The van der Waals surface area contributed by atoms with Gasteiger partial charge in [0.25, 0.3) is 23.6 Å². The summed E-state index contributed by atoms with van der Waals surface area (Å²) in [5.41, 5.74) is 7.92. The van der Waals surface area contributed by atoms with Gasteiger partial charge in [-0.2, -0.15) is 0 Å². The van der Waals surface area contributed by atoms with Gasteiger partial charge >= 0.3 is 6.09 Å². The van der Waals surface area contributed by atoms with Gasteiger partial charge in [0, 0.05) is 96.6 Å². The summed E-state index contributed by atoms with van der Waals surface area (Å²) in [5, 5.41) is 35.8. The predicted molar refractivity (Wildman–Crippen MR) is 352 cm³/mol. The molecule has 0 bridgehead atoms. The third-order valence-electron chi connectivity index (χ3n) is 16.8. The minimum Gasteiger partial charge on any atom is -0.444 e. The lowest BCUT2D eigenvalue weighted by Gasteiger charge is -2.37. The Labute approximate surface area is 545 Å². The summed E-state index contributed by atoms with van der Waals surface area (Å²) < 4.78 is 17.7. The van der Waals surface area contributed by atoms with E-state index < -0.39 is 47.6 Å². The highest BCUT2D eigenvalue weighted by atomic mass is 35.5. The van der Waals surface area contributed by atoms with Crippen molar-refractivity contribution in [2.45, 2.75) is 134 Å². The van der Waals surface area contributed by atoms with Gasteiger partial charge in [-0.3, -0.25) is 19.2 Å². The molecule has 5 fully saturated rings. The highest BCUT2D eigenvalue weighted by Crippen LogP contribution is 2.39. The first kappa shape index (κ1) is 66.3. The number of likely N-dealkylation sites (tertiary alicyclic amines) is 2. The number of aliphatic hydroxyl groups excluding tert-OH is 2. The van der Waals surface area contributed by atoms with Crippen LogP contribution in [-0.2, 0) is 59.3 Å². The molecule has 5 aliphatic heterocycles. The third kappa shape index (κ3) is 16.9. The van der Waals surface area contributed by atoms with Crippen molar-refractivity contribution in [2.24, 2.45) is 0 Å². The van der Waals surface area contributed by atoms with E-state index in [0.717, 1.165) is 111 Å². The van der Waals surface area contributed by atoms with Crippen LogP contribution < -0.4 is 25.8 Å². The molecule has 5 aliphatic rings. The molecule has 0 unspecified atom stereocenters. The summed E-state index contributed by atoms with van der Waals surface area (Å²) >= 11 is 15.7. The van der Waals surface area contributed by atoms with Crippen LogP contribution in [0.25, 0.3) is 0 Å². The number of piperazine rings is 2. The Hall–Kier alpha value is -6.59. The van der Waals surface area contributed by atoms with E-state index in [4.69, 9.17) is 37.4 Å². The molecular weight excluding hydrogens is 1220 g/mol. The highest BCUT2D eigenvalue weighted by Gasteiger charge is 2.51. The number of hydrogen-bond acceptors (Lipinski definition) is 15. The maximum absolute atomic E-state index is 14.2. The second-order valence-corrected chi connectivity index (χ2v) is 27.7. The molecule has 18 nitrogen and oxygen atoms in total. The summed E-state index contributed by atoms with van der Waals surface area (Å²) in [6.45, 7) is 16.8. The topological polar surface area (TPSA) is 206 Å². The van der Waals surface area contributed by atoms with E-state index >= 15 is 0 Å². The molecule has 5 N–H and O–H groups in total. The molecule has 90 heavy (non-hydrogen) atoms. The number of rotatable bonds is 17. The van der Waals surface area contributed by atoms with Gasteiger partial charge in [-0.15, -0.1) is 22.7 Å². The Morgan fingerprint density at radius 3 is 1.71 bits per heavy atom. The summed E-state index contributed by atoms with van der Waals surface area (Å²) in [4.78, 5) is 77.9. The summed E-state index contributed by atoms with van der Waals surface area (Å²) in [6, 6.07) is 35.6. The minimum atomic E-state index is -1.86. The Kier molecular flexibility index (Phi) is 22.0. The Morgan fingerprint density at radius 1 is 0.644 bits per heavy atom. The summed E-state index contributed by atoms with van der Waals surface area (Å²) in [6.07, 6.45) is -1.53. The standard InChI is InChI=1S/C38H47ClN4O6S.C30H35ClN4O4S/c1-37(2,3)49-36(46)42-18-16-41(17-19-42)28-12-8-11-27(22-28)31-14-9-15-43(31)35(45)33-32(47-38(4,5)48-33)34(44)40-23-29-21-25(24-50-29)20-26-10-6-7-13-30(26)39;31-25-8-2-1-5-21(25)15-20-16-24(40-19-20)18-33-29(38)27(36)28(37)30(39)35-12-4-9-26(35)22-6-3-7-23(17-22)34-13-10-32-11-14-34/h6-8,10-13,21-22,24,31-33H,9,14-20,23H2,1-5H3,(H,40,44);1-3,5-8,16-17,19,26-28,32,36-37H,4,9-15,18H2,(H,33,38)/t31-,32-,33-;26-,27-,28-/m11/s1. The van der Waals surface area contributed by atoms with Crippen molar-refractivity contribution < 1.29 is 48.4 Å². The molecule has 22 heteroatoms. The van der Waals surface area contributed by atoms with Gasteiger partial charge < -0.3 is 64.9 Å². The number of nitrogens with one attached hydrogen (secondary N) is 3. The average molecular weight is 1310 g/mol. The Bertz CT molecular complexity index is 3470.